The predicted octanol–water partition coefficient (Wildman–Crippen LogP) is 0.105. The van der Waals surface area contributed by atoms with E-state index in [1.165, 1.54) is 18.2 Å². The fourth-order valence-corrected chi connectivity index (χ4v) is 3.37. The van der Waals surface area contributed by atoms with Gasteiger partial charge in [-0.2, -0.15) is 4.31 Å². The van der Waals surface area contributed by atoms with Crippen molar-refractivity contribution < 1.29 is 18.1 Å². The first-order valence-electron chi connectivity index (χ1n) is 5.92. The summed E-state index contributed by atoms with van der Waals surface area (Å²) in [5, 5.41) is 13.3. The van der Waals surface area contributed by atoms with Crippen molar-refractivity contribution in [1.82, 2.24) is 9.62 Å². The molecule has 2 rings (SSSR count). The van der Waals surface area contributed by atoms with Crippen molar-refractivity contribution in [2.75, 3.05) is 19.6 Å². The van der Waals surface area contributed by atoms with Crippen molar-refractivity contribution in [3.8, 4) is 0 Å². The molecule has 1 N–H and O–H groups in total. The summed E-state index contributed by atoms with van der Waals surface area (Å²) < 4.78 is 25.8. The number of hydrogen-bond acceptors (Lipinski definition) is 5. The molecule has 8 nitrogen and oxygen atoms in total. The Hall–Kier alpha value is -2.00. The number of hydrogen-bond donors (Lipinski definition) is 1. The first-order valence-corrected chi connectivity index (χ1v) is 7.36. The van der Waals surface area contributed by atoms with Crippen molar-refractivity contribution in [2.24, 2.45) is 0 Å². The number of nitrogens with zero attached hydrogens (tertiary/aromatic N) is 2. The van der Waals surface area contributed by atoms with E-state index < -0.39 is 14.9 Å². The second kappa shape index (κ2) is 5.55. The van der Waals surface area contributed by atoms with Gasteiger partial charge in [0.25, 0.3) is 5.69 Å². The molecule has 0 bridgehead atoms. The monoisotopic (exact) mass is 299 g/mol. The Labute approximate surface area is 115 Å². The van der Waals surface area contributed by atoms with Crippen LogP contribution >= 0.6 is 0 Å². The van der Waals surface area contributed by atoms with Gasteiger partial charge in [-0.25, -0.2) is 8.42 Å². The van der Waals surface area contributed by atoms with Crippen LogP contribution in [0.25, 0.3) is 0 Å². The molecular weight excluding hydrogens is 286 g/mol. The minimum Gasteiger partial charge on any atom is -0.355 e. The fraction of sp³-hybridized carbons (Fsp3) is 0.364. The van der Waals surface area contributed by atoms with Gasteiger partial charge >= 0.3 is 0 Å². The fourth-order valence-electron chi connectivity index (χ4n) is 1.89. The van der Waals surface area contributed by atoms with Gasteiger partial charge in [-0.05, 0) is 12.5 Å². The second-order valence-electron chi connectivity index (χ2n) is 4.30. The molecule has 0 radical (unpaired) electrons. The summed E-state index contributed by atoms with van der Waals surface area (Å²) in [7, 11) is -3.91. The average molecular weight is 299 g/mol. The number of carbonyl (C=O) groups excluding carboxylic acids is 1. The van der Waals surface area contributed by atoms with Crippen LogP contribution in [0.1, 0.15) is 6.42 Å². The minimum atomic E-state index is -3.91. The summed E-state index contributed by atoms with van der Waals surface area (Å²) in [6.45, 7) is 0.342. The number of nitro benzene ring substituents is 1. The number of rotatable bonds is 3. The van der Waals surface area contributed by atoms with Crippen LogP contribution in [0.4, 0.5) is 5.69 Å². The van der Waals surface area contributed by atoms with Crippen molar-refractivity contribution in [1.29, 1.82) is 0 Å². The van der Waals surface area contributed by atoms with Crippen molar-refractivity contribution in [2.45, 2.75) is 11.3 Å². The van der Waals surface area contributed by atoms with Gasteiger partial charge in [-0.3, -0.25) is 14.9 Å². The van der Waals surface area contributed by atoms with Crippen LogP contribution in [-0.4, -0.2) is 43.2 Å². The van der Waals surface area contributed by atoms with Crippen molar-refractivity contribution in [3.05, 3.63) is 34.4 Å². The number of carbonyl (C=O) groups is 1. The lowest BCUT2D eigenvalue weighted by molar-refractivity contribution is -0.385. The molecule has 1 saturated heterocycles. The zero-order valence-electron chi connectivity index (χ0n) is 10.5. The van der Waals surface area contributed by atoms with Gasteiger partial charge in [-0.15, -0.1) is 0 Å². The first-order chi connectivity index (χ1) is 9.41. The number of benzene rings is 1. The smallest absolute Gasteiger partial charge is 0.270 e. The average Bonchev–Trinajstić information content (AvgIpc) is 2.64. The summed E-state index contributed by atoms with van der Waals surface area (Å²) in [6.07, 6.45) is 0.500. The van der Waals surface area contributed by atoms with Crippen molar-refractivity contribution >= 4 is 21.6 Å². The van der Waals surface area contributed by atoms with E-state index in [9.17, 15) is 23.3 Å². The molecule has 0 spiro atoms. The van der Waals surface area contributed by atoms with Crippen LogP contribution in [0.3, 0.4) is 0 Å². The van der Waals surface area contributed by atoms with E-state index >= 15 is 0 Å². The Morgan fingerprint density at radius 3 is 2.80 bits per heavy atom. The SMILES string of the molecule is O=C1CN(S(=O)(=O)c2cccc([N+](=O)[O-])c2)CCCN1. The van der Waals surface area contributed by atoms with Gasteiger partial charge in [-0.1, -0.05) is 6.07 Å². The Kier molecular flexibility index (Phi) is 4.00. The number of non-ortho nitro benzene ring substituents is 1. The third-order valence-corrected chi connectivity index (χ3v) is 4.73. The molecule has 0 saturated carbocycles. The molecule has 0 aliphatic carbocycles. The van der Waals surface area contributed by atoms with Gasteiger partial charge in [0.15, 0.2) is 0 Å². The van der Waals surface area contributed by atoms with Crippen LogP contribution in [0.5, 0.6) is 0 Å². The molecule has 108 valence electrons. The summed E-state index contributed by atoms with van der Waals surface area (Å²) >= 11 is 0. The van der Waals surface area contributed by atoms with Gasteiger partial charge in [0.2, 0.25) is 15.9 Å². The Balaban J connectivity index is 2.36. The normalized spacial score (nSPS) is 17.3. The van der Waals surface area contributed by atoms with E-state index in [0.717, 1.165) is 10.4 Å². The molecule has 20 heavy (non-hydrogen) atoms. The molecule has 1 aromatic carbocycles. The second-order valence-corrected chi connectivity index (χ2v) is 6.23. The zero-order valence-corrected chi connectivity index (χ0v) is 11.3. The molecular formula is C11H13N3O5S. The summed E-state index contributed by atoms with van der Waals surface area (Å²) in [5.74, 6) is -0.378. The van der Waals surface area contributed by atoms with Gasteiger partial charge in [0, 0.05) is 25.2 Å². The van der Waals surface area contributed by atoms with Crippen LogP contribution in [-0.2, 0) is 14.8 Å². The topological polar surface area (TPSA) is 110 Å². The zero-order chi connectivity index (χ0) is 14.8. The van der Waals surface area contributed by atoms with Crippen LogP contribution in [0.15, 0.2) is 29.2 Å². The molecule has 1 fully saturated rings. The highest BCUT2D eigenvalue weighted by atomic mass is 32.2. The third kappa shape index (κ3) is 2.94. The highest BCUT2D eigenvalue weighted by Crippen LogP contribution is 2.21. The number of nitro groups is 1. The maximum atomic E-state index is 12.4. The third-order valence-electron chi connectivity index (χ3n) is 2.89. The lowest BCUT2D eigenvalue weighted by Crippen LogP contribution is -2.37. The van der Waals surface area contributed by atoms with E-state index in [4.69, 9.17) is 0 Å². The van der Waals surface area contributed by atoms with E-state index in [2.05, 4.69) is 5.32 Å². The van der Waals surface area contributed by atoms with Gasteiger partial charge < -0.3 is 5.32 Å². The molecule has 0 atom stereocenters. The van der Waals surface area contributed by atoms with Gasteiger partial charge in [0.1, 0.15) is 0 Å². The van der Waals surface area contributed by atoms with Gasteiger partial charge in [0.05, 0.1) is 16.4 Å². The number of amides is 1. The maximum absolute atomic E-state index is 12.4. The molecule has 0 unspecified atom stereocenters. The quantitative estimate of drug-likeness (QED) is 0.629. The molecule has 1 aliphatic heterocycles. The molecule has 1 amide bonds. The Bertz CT molecular complexity index is 643. The number of nitrogens with one attached hydrogen (secondary N) is 1. The Morgan fingerprint density at radius 2 is 2.10 bits per heavy atom. The Morgan fingerprint density at radius 1 is 1.35 bits per heavy atom. The summed E-state index contributed by atoms with van der Waals surface area (Å²) in [6, 6.07) is 4.81. The first kappa shape index (κ1) is 14.4. The lowest BCUT2D eigenvalue weighted by Gasteiger charge is -2.18. The lowest BCUT2D eigenvalue weighted by atomic mass is 10.3. The maximum Gasteiger partial charge on any atom is 0.270 e. The van der Waals surface area contributed by atoms with E-state index in [0.29, 0.717) is 13.0 Å². The summed E-state index contributed by atoms with van der Waals surface area (Å²) in [4.78, 5) is 21.3. The molecule has 0 aromatic heterocycles. The standard InChI is InChI=1S/C11H13N3O5S/c15-11-8-13(6-2-5-12-11)20(18,19)10-4-1-3-9(7-10)14(16)17/h1,3-4,7H,2,5-6,8H2,(H,12,15). The van der Waals surface area contributed by atoms with Crippen LogP contribution in [0, 0.1) is 10.1 Å². The van der Waals surface area contributed by atoms with Crippen molar-refractivity contribution in [3.63, 3.8) is 0 Å². The van der Waals surface area contributed by atoms with E-state index in [1.54, 1.807) is 0 Å². The number of sulfonamides is 1. The molecule has 9 heteroatoms. The van der Waals surface area contributed by atoms with E-state index in [1.807, 2.05) is 0 Å². The molecule has 1 heterocycles. The van der Waals surface area contributed by atoms with Crippen LogP contribution in [0.2, 0.25) is 0 Å². The summed E-state index contributed by atoms with van der Waals surface area (Å²) in [5.41, 5.74) is -0.301. The predicted molar refractivity (Wildman–Crippen MR) is 69.5 cm³/mol. The largest absolute Gasteiger partial charge is 0.355 e. The highest BCUT2D eigenvalue weighted by Gasteiger charge is 2.28. The molecule has 1 aromatic rings. The van der Waals surface area contributed by atoms with E-state index in [-0.39, 0.29) is 29.6 Å². The minimum absolute atomic E-state index is 0.179. The molecule has 1 aliphatic rings. The van der Waals surface area contributed by atoms with Crippen LogP contribution < -0.4 is 5.32 Å². The highest BCUT2D eigenvalue weighted by molar-refractivity contribution is 7.89.